The molecule has 4 aromatic carbocycles. The molecule has 0 saturated heterocycles. The average molecular weight is 652 g/mol. The van der Waals surface area contributed by atoms with Gasteiger partial charge in [0, 0.05) is 34.3 Å². The molecule has 5 N–H and O–H groups in total. The van der Waals surface area contributed by atoms with Gasteiger partial charge in [0.1, 0.15) is 4.90 Å². The zero-order valence-electron chi connectivity index (χ0n) is 21.0. The number of hydrogen-bond acceptors (Lipinski definition) is 10. The number of nitrogens with zero attached hydrogens (tertiary/aromatic N) is 1. The van der Waals surface area contributed by atoms with Gasteiger partial charge in [0.25, 0.3) is 47.9 Å². The number of amides is 2. The maximum Gasteiger partial charge on any atom is 0.295 e. The van der Waals surface area contributed by atoms with E-state index < -0.39 is 78.2 Å². The van der Waals surface area contributed by atoms with Crippen LogP contribution in [0.4, 0.5) is 17.1 Å². The smallest absolute Gasteiger partial charge is 0.295 e. The van der Waals surface area contributed by atoms with E-state index in [-0.39, 0.29) is 22.5 Å². The highest BCUT2D eigenvalue weighted by atomic mass is 32.2. The van der Waals surface area contributed by atoms with Gasteiger partial charge in [-0.2, -0.15) is 25.3 Å². The average Bonchev–Trinajstić information content (AvgIpc) is 2.91. The van der Waals surface area contributed by atoms with Crippen molar-refractivity contribution >= 4 is 70.0 Å². The highest BCUT2D eigenvalue weighted by molar-refractivity contribution is 7.87. The molecule has 0 spiro atoms. The Hall–Kier alpha value is -4.79. The highest BCUT2D eigenvalue weighted by Gasteiger charge is 2.25. The van der Waals surface area contributed by atoms with Crippen molar-refractivity contribution in [3.8, 4) is 0 Å². The van der Waals surface area contributed by atoms with Gasteiger partial charge in [0.2, 0.25) is 0 Å². The molecular weight excluding hydrogens is 634 g/mol. The van der Waals surface area contributed by atoms with Crippen molar-refractivity contribution in [2.75, 3.05) is 10.6 Å². The first-order valence-electron chi connectivity index (χ1n) is 11.4. The van der Waals surface area contributed by atoms with Crippen LogP contribution in [0, 0.1) is 10.1 Å². The summed E-state index contributed by atoms with van der Waals surface area (Å²) in [6.45, 7) is 0. The van der Waals surface area contributed by atoms with Crippen LogP contribution >= 0.6 is 0 Å². The van der Waals surface area contributed by atoms with E-state index in [0.29, 0.717) is 24.3 Å². The number of nitro groups is 1. The molecule has 0 atom stereocenters. The van der Waals surface area contributed by atoms with Gasteiger partial charge in [-0.3, -0.25) is 33.4 Å². The molecule has 0 bridgehead atoms. The minimum absolute atomic E-state index is 0.0200. The molecule has 0 radical (unpaired) electrons. The van der Waals surface area contributed by atoms with Gasteiger partial charge in [0.05, 0.1) is 20.4 Å². The number of rotatable bonds is 8. The Morgan fingerprint density at radius 2 is 1.23 bits per heavy atom. The van der Waals surface area contributed by atoms with Gasteiger partial charge in [-0.25, -0.2) is 0 Å². The molecule has 4 rings (SSSR count). The predicted molar refractivity (Wildman–Crippen MR) is 149 cm³/mol. The van der Waals surface area contributed by atoms with Crippen LogP contribution in [-0.4, -0.2) is 55.6 Å². The van der Waals surface area contributed by atoms with E-state index in [1.807, 2.05) is 0 Å². The minimum Gasteiger partial charge on any atom is -0.322 e. The molecule has 0 fully saturated rings. The summed E-state index contributed by atoms with van der Waals surface area (Å²) in [6.07, 6.45) is 0. The number of benzene rings is 4. The fourth-order valence-electron chi connectivity index (χ4n) is 3.89. The molecule has 0 heterocycles. The molecule has 2 amide bonds. The van der Waals surface area contributed by atoms with Crippen molar-refractivity contribution in [3.05, 3.63) is 94.0 Å². The van der Waals surface area contributed by atoms with E-state index in [4.69, 9.17) is 0 Å². The second kappa shape index (κ2) is 11.1. The van der Waals surface area contributed by atoms with Crippen LogP contribution in [0.15, 0.2) is 87.5 Å². The summed E-state index contributed by atoms with van der Waals surface area (Å²) >= 11 is 0. The molecule has 0 saturated carbocycles. The van der Waals surface area contributed by atoms with Crippen LogP contribution in [0.3, 0.4) is 0 Å². The molecule has 0 aromatic heterocycles. The van der Waals surface area contributed by atoms with E-state index >= 15 is 0 Å². The molecule has 43 heavy (non-hydrogen) atoms. The first-order valence-corrected chi connectivity index (χ1v) is 15.7. The number of fused-ring (bicyclic) bond motifs is 1. The van der Waals surface area contributed by atoms with Crippen molar-refractivity contribution in [2.45, 2.75) is 14.7 Å². The maximum absolute atomic E-state index is 13.0. The maximum atomic E-state index is 13.0. The van der Waals surface area contributed by atoms with E-state index in [1.54, 1.807) is 0 Å². The van der Waals surface area contributed by atoms with E-state index in [2.05, 4.69) is 10.6 Å². The largest absolute Gasteiger partial charge is 0.322 e. The lowest BCUT2D eigenvalue weighted by molar-refractivity contribution is -0.384. The van der Waals surface area contributed by atoms with E-state index in [9.17, 15) is 58.6 Å². The molecule has 19 heteroatoms. The van der Waals surface area contributed by atoms with Crippen LogP contribution < -0.4 is 10.6 Å². The van der Waals surface area contributed by atoms with E-state index in [1.165, 1.54) is 42.5 Å². The van der Waals surface area contributed by atoms with Crippen molar-refractivity contribution in [1.82, 2.24) is 0 Å². The Kier molecular flexibility index (Phi) is 8.06. The fourth-order valence-corrected chi connectivity index (χ4v) is 5.81. The predicted octanol–water partition coefficient (Wildman–Crippen LogP) is 2.99. The quantitative estimate of drug-likeness (QED) is 0.104. The highest BCUT2D eigenvalue weighted by Crippen LogP contribution is 2.35. The molecule has 0 unspecified atom stereocenters. The Morgan fingerprint density at radius 1 is 0.674 bits per heavy atom. The summed E-state index contributed by atoms with van der Waals surface area (Å²) in [4.78, 5) is 32.7. The lowest BCUT2D eigenvalue weighted by Crippen LogP contribution is -2.15. The normalized spacial score (nSPS) is 12.1. The third-order valence-corrected chi connectivity index (χ3v) is 8.35. The Balaban J connectivity index is 1.72. The Labute approximate surface area is 242 Å². The summed E-state index contributed by atoms with van der Waals surface area (Å²) in [6, 6.07) is 12.2. The minimum atomic E-state index is -5.25. The molecule has 0 aliphatic heterocycles. The van der Waals surface area contributed by atoms with Gasteiger partial charge >= 0.3 is 0 Å². The standard InChI is InChI=1S/C24H17N3O13S3/c28-23(13-4-6-16(7-5-13)25-24(29)14-2-1-3-17(8-14)27(30)31)26-20-11-18(41(32,33)34)9-15-10-19(42(35,36)37)12-21(22(15)20)43(38,39)40/h1-12H,(H,25,29)(H,26,28)(H,32,33,34)(H,35,36,37)(H,38,39,40). The van der Waals surface area contributed by atoms with E-state index in [0.717, 1.165) is 6.07 Å². The monoisotopic (exact) mass is 651 g/mol. The number of nitrogens with one attached hydrogen (secondary N) is 2. The lowest BCUT2D eigenvalue weighted by Gasteiger charge is -2.15. The SMILES string of the molecule is O=C(Nc1ccc(C(=O)Nc2cc(S(=O)(=O)O)cc3cc(S(=O)(=O)O)cc(S(=O)(=O)O)c23)cc1)c1cccc([N+](=O)[O-])c1. The number of hydrogen-bond donors (Lipinski definition) is 5. The van der Waals surface area contributed by atoms with Gasteiger partial charge < -0.3 is 10.6 Å². The van der Waals surface area contributed by atoms with Gasteiger partial charge in [-0.1, -0.05) is 6.07 Å². The lowest BCUT2D eigenvalue weighted by atomic mass is 10.1. The number of carbonyl (C=O) groups excluding carboxylic acids is 2. The van der Waals surface area contributed by atoms with Crippen LogP contribution in [0.25, 0.3) is 10.8 Å². The summed E-state index contributed by atoms with van der Waals surface area (Å²) < 4.78 is 100. The summed E-state index contributed by atoms with van der Waals surface area (Å²) in [5.74, 6) is -1.68. The Morgan fingerprint density at radius 3 is 1.77 bits per heavy atom. The van der Waals surface area contributed by atoms with Crippen LogP contribution in [0.1, 0.15) is 20.7 Å². The van der Waals surface area contributed by atoms with Crippen molar-refractivity contribution < 1.29 is 53.4 Å². The van der Waals surface area contributed by atoms with Gasteiger partial charge in [-0.05, 0) is 60.0 Å². The molecular formula is C24H17N3O13S3. The topological polar surface area (TPSA) is 264 Å². The molecule has 0 aliphatic carbocycles. The molecule has 0 aliphatic rings. The summed E-state index contributed by atoms with van der Waals surface area (Å²) in [7, 11) is -15.3. The van der Waals surface area contributed by atoms with Crippen LogP contribution in [-0.2, 0) is 30.4 Å². The fraction of sp³-hybridized carbons (Fsp3) is 0. The third kappa shape index (κ3) is 6.99. The third-order valence-electron chi connectivity index (χ3n) is 5.81. The number of nitro benzene ring substituents is 1. The second-order valence-corrected chi connectivity index (χ2v) is 12.9. The van der Waals surface area contributed by atoms with Crippen molar-refractivity contribution in [2.24, 2.45) is 0 Å². The summed E-state index contributed by atoms with van der Waals surface area (Å²) in [5.41, 5.74) is -0.877. The zero-order valence-corrected chi connectivity index (χ0v) is 23.5. The number of carbonyl (C=O) groups is 2. The van der Waals surface area contributed by atoms with Crippen LogP contribution in [0.5, 0.6) is 0 Å². The molecule has 16 nitrogen and oxygen atoms in total. The second-order valence-electron chi connectivity index (χ2n) is 8.71. The van der Waals surface area contributed by atoms with Gasteiger partial charge in [0.15, 0.2) is 0 Å². The first-order chi connectivity index (χ1) is 19.8. The number of anilines is 2. The Bertz CT molecular complexity index is 2160. The zero-order chi connectivity index (χ0) is 31.9. The van der Waals surface area contributed by atoms with Crippen LogP contribution in [0.2, 0.25) is 0 Å². The van der Waals surface area contributed by atoms with Crippen molar-refractivity contribution in [1.29, 1.82) is 0 Å². The summed E-state index contributed by atoms with van der Waals surface area (Å²) in [5, 5.41) is 14.6. The number of non-ortho nitro benzene ring substituents is 1. The van der Waals surface area contributed by atoms with Crippen molar-refractivity contribution in [3.63, 3.8) is 0 Å². The molecule has 4 aromatic rings. The first kappa shape index (κ1) is 31.2. The molecule has 224 valence electrons. The van der Waals surface area contributed by atoms with Gasteiger partial charge in [-0.15, -0.1) is 0 Å².